The normalized spacial score (nSPS) is 12.5. The van der Waals surface area contributed by atoms with Crippen LogP contribution in [0.3, 0.4) is 0 Å². The quantitative estimate of drug-likeness (QED) is 0.705. The summed E-state index contributed by atoms with van der Waals surface area (Å²) in [4.78, 5) is 4.19. The fourth-order valence-corrected chi connectivity index (χ4v) is 1.07. The van der Waals surface area contributed by atoms with Crippen molar-refractivity contribution >= 4 is 0 Å². The van der Waals surface area contributed by atoms with Gasteiger partial charge in [-0.3, -0.25) is 0 Å². The third-order valence-corrected chi connectivity index (χ3v) is 1.84. The maximum absolute atomic E-state index is 9.00. The number of aromatic nitrogens is 1. The van der Waals surface area contributed by atoms with Gasteiger partial charge in [0.1, 0.15) is 0 Å². The Kier molecular flexibility index (Phi) is 3.67. The number of likely N-dealkylation sites (N-methyl/N-ethyl adjacent to an activating group) is 1. The Morgan fingerprint density at radius 2 is 2.38 bits per heavy atom. The van der Waals surface area contributed by atoms with E-state index in [0.717, 1.165) is 5.69 Å². The minimum atomic E-state index is -0.130. The number of pyridine rings is 1. The van der Waals surface area contributed by atoms with E-state index < -0.39 is 0 Å². The van der Waals surface area contributed by atoms with Gasteiger partial charge in [0, 0.05) is 6.07 Å². The Hall–Kier alpha value is -1.13. The van der Waals surface area contributed by atoms with Crippen LogP contribution in [0.15, 0.2) is 18.2 Å². The van der Waals surface area contributed by atoms with Gasteiger partial charge in [-0.15, -0.1) is 0 Å². The van der Waals surface area contributed by atoms with Crippen LogP contribution in [0.5, 0.6) is 5.88 Å². The Bertz CT molecular complexity index is 262. The molecule has 4 nitrogen and oxygen atoms in total. The fraction of sp³-hybridized carbons (Fsp3) is 0.444. The van der Waals surface area contributed by atoms with Crippen LogP contribution in [-0.4, -0.2) is 30.9 Å². The van der Waals surface area contributed by atoms with Gasteiger partial charge in [0.25, 0.3) is 0 Å². The SMILES string of the molecule is CN[C@H](CO)c1cccc(OC)n1. The van der Waals surface area contributed by atoms with Gasteiger partial charge in [-0.05, 0) is 13.1 Å². The van der Waals surface area contributed by atoms with E-state index in [2.05, 4.69) is 10.3 Å². The highest BCUT2D eigenvalue weighted by molar-refractivity contribution is 5.18. The molecule has 1 aromatic rings. The van der Waals surface area contributed by atoms with E-state index in [9.17, 15) is 0 Å². The lowest BCUT2D eigenvalue weighted by Crippen LogP contribution is -2.21. The number of hydrogen-bond donors (Lipinski definition) is 2. The molecule has 0 bridgehead atoms. The van der Waals surface area contributed by atoms with Crippen molar-refractivity contribution in [1.29, 1.82) is 0 Å². The molecule has 0 saturated carbocycles. The predicted octanol–water partition coefficient (Wildman–Crippen LogP) is 0.343. The highest BCUT2D eigenvalue weighted by Crippen LogP contribution is 2.13. The number of rotatable bonds is 4. The molecule has 0 aliphatic carbocycles. The van der Waals surface area contributed by atoms with Gasteiger partial charge < -0.3 is 15.2 Å². The van der Waals surface area contributed by atoms with E-state index >= 15 is 0 Å². The largest absolute Gasteiger partial charge is 0.481 e. The number of aliphatic hydroxyl groups excluding tert-OH is 1. The first kappa shape index (κ1) is 9.95. The molecule has 72 valence electrons. The average Bonchev–Trinajstić information content (AvgIpc) is 2.20. The van der Waals surface area contributed by atoms with Crippen LogP contribution in [0, 0.1) is 0 Å². The van der Waals surface area contributed by atoms with Crippen molar-refractivity contribution in [3.63, 3.8) is 0 Å². The minimum Gasteiger partial charge on any atom is -0.481 e. The molecule has 13 heavy (non-hydrogen) atoms. The number of nitrogens with zero attached hydrogens (tertiary/aromatic N) is 1. The molecule has 0 radical (unpaired) electrons. The molecule has 2 N–H and O–H groups in total. The number of hydrogen-bond acceptors (Lipinski definition) is 4. The molecule has 1 rings (SSSR count). The van der Waals surface area contributed by atoms with Crippen LogP contribution < -0.4 is 10.1 Å². The van der Waals surface area contributed by atoms with E-state index in [0.29, 0.717) is 5.88 Å². The zero-order chi connectivity index (χ0) is 9.68. The van der Waals surface area contributed by atoms with Crippen LogP contribution in [0.1, 0.15) is 11.7 Å². The Labute approximate surface area is 77.6 Å². The van der Waals surface area contributed by atoms with Gasteiger partial charge >= 0.3 is 0 Å². The van der Waals surface area contributed by atoms with Gasteiger partial charge in [0.05, 0.1) is 25.5 Å². The second-order valence-corrected chi connectivity index (χ2v) is 2.63. The molecule has 1 aromatic heterocycles. The van der Waals surface area contributed by atoms with Crippen LogP contribution in [0.4, 0.5) is 0 Å². The van der Waals surface area contributed by atoms with E-state index in [4.69, 9.17) is 9.84 Å². The summed E-state index contributed by atoms with van der Waals surface area (Å²) in [6.07, 6.45) is 0. The van der Waals surface area contributed by atoms with Crippen molar-refractivity contribution in [2.75, 3.05) is 20.8 Å². The maximum atomic E-state index is 9.00. The minimum absolute atomic E-state index is 0.0245. The summed E-state index contributed by atoms with van der Waals surface area (Å²) in [5.74, 6) is 0.561. The van der Waals surface area contributed by atoms with Crippen LogP contribution in [-0.2, 0) is 0 Å². The lowest BCUT2D eigenvalue weighted by atomic mass is 10.2. The first-order chi connectivity index (χ1) is 6.31. The average molecular weight is 182 g/mol. The molecule has 0 amide bonds. The van der Waals surface area contributed by atoms with Crippen LogP contribution in [0.2, 0.25) is 0 Å². The van der Waals surface area contributed by atoms with E-state index in [1.165, 1.54) is 0 Å². The zero-order valence-corrected chi connectivity index (χ0v) is 7.82. The van der Waals surface area contributed by atoms with E-state index in [1.54, 1.807) is 20.2 Å². The van der Waals surface area contributed by atoms with Crippen molar-refractivity contribution in [3.05, 3.63) is 23.9 Å². The van der Waals surface area contributed by atoms with Crippen molar-refractivity contribution in [2.45, 2.75) is 6.04 Å². The Morgan fingerprint density at radius 1 is 1.62 bits per heavy atom. The van der Waals surface area contributed by atoms with E-state index in [-0.39, 0.29) is 12.6 Å². The molecule has 1 heterocycles. The summed E-state index contributed by atoms with van der Waals surface area (Å²) in [5.41, 5.74) is 0.782. The summed E-state index contributed by atoms with van der Waals surface area (Å²) >= 11 is 0. The van der Waals surface area contributed by atoms with Gasteiger partial charge in [0.2, 0.25) is 5.88 Å². The topological polar surface area (TPSA) is 54.4 Å². The van der Waals surface area contributed by atoms with Crippen LogP contribution in [0.25, 0.3) is 0 Å². The van der Waals surface area contributed by atoms with Gasteiger partial charge in [-0.1, -0.05) is 6.07 Å². The van der Waals surface area contributed by atoms with Crippen molar-refractivity contribution in [2.24, 2.45) is 0 Å². The Morgan fingerprint density at radius 3 is 2.92 bits per heavy atom. The molecular weight excluding hydrogens is 168 g/mol. The van der Waals surface area contributed by atoms with Gasteiger partial charge in [-0.25, -0.2) is 4.98 Å². The fourth-order valence-electron chi connectivity index (χ4n) is 1.07. The second kappa shape index (κ2) is 4.79. The number of aliphatic hydroxyl groups is 1. The standard InChI is InChI=1S/C9H14N2O2/c1-10-8(6-12)7-4-3-5-9(11-7)13-2/h3-5,8,10,12H,6H2,1-2H3/t8-/m1/s1. The van der Waals surface area contributed by atoms with Gasteiger partial charge in [-0.2, -0.15) is 0 Å². The number of nitrogens with one attached hydrogen (secondary N) is 1. The molecule has 0 saturated heterocycles. The highest BCUT2D eigenvalue weighted by atomic mass is 16.5. The lowest BCUT2D eigenvalue weighted by Gasteiger charge is -2.12. The summed E-state index contributed by atoms with van der Waals surface area (Å²) in [6, 6.07) is 5.34. The molecule has 4 heteroatoms. The third-order valence-electron chi connectivity index (χ3n) is 1.84. The number of ether oxygens (including phenoxy) is 1. The molecule has 0 aliphatic rings. The third kappa shape index (κ3) is 2.40. The van der Waals surface area contributed by atoms with Crippen molar-refractivity contribution in [3.8, 4) is 5.88 Å². The molecule has 0 aliphatic heterocycles. The van der Waals surface area contributed by atoms with E-state index in [1.807, 2.05) is 12.1 Å². The molecule has 0 fully saturated rings. The first-order valence-electron chi connectivity index (χ1n) is 4.11. The summed E-state index contributed by atoms with van der Waals surface area (Å²) < 4.78 is 4.97. The van der Waals surface area contributed by atoms with Crippen molar-refractivity contribution < 1.29 is 9.84 Å². The highest BCUT2D eigenvalue weighted by Gasteiger charge is 2.09. The predicted molar refractivity (Wildman–Crippen MR) is 49.7 cm³/mol. The summed E-state index contributed by atoms with van der Waals surface area (Å²) in [7, 11) is 3.35. The van der Waals surface area contributed by atoms with Crippen molar-refractivity contribution in [1.82, 2.24) is 10.3 Å². The molecule has 0 aromatic carbocycles. The number of methoxy groups -OCH3 is 1. The Balaban J connectivity index is 2.86. The van der Waals surface area contributed by atoms with Gasteiger partial charge in [0.15, 0.2) is 0 Å². The summed E-state index contributed by atoms with van der Waals surface area (Å²) in [5, 5.41) is 12.0. The molecular formula is C9H14N2O2. The summed E-state index contributed by atoms with van der Waals surface area (Å²) in [6.45, 7) is 0.0245. The second-order valence-electron chi connectivity index (χ2n) is 2.63. The first-order valence-corrected chi connectivity index (χ1v) is 4.11. The maximum Gasteiger partial charge on any atom is 0.213 e. The monoisotopic (exact) mass is 182 g/mol. The van der Waals surface area contributed by atoms with Crippen LogP contribution >= 0.6 is 0 Å². The zero-order valence-electron chi connectivity index (χ0n) is 7.82. The molecule has 1 atom stereocenters. The molecule has 0 spiro atoms. The smallest absolute Gasteiger partial charge is 0.213 e. The lowest BCUT2D eigenvalue weighted by molar-refractivity contribution is 0.247. The molecule has 0 unspecified atom stereocenters.